The zero-order valence-electron chi connectivity index (χ0n) is 15.0. The number of carbonyl (C=O) groups is 1. The Labute approximate surface area is 158 Å². The minimum atomic E-state index is -3.47. The van der Waals surface area contributed by atoms with Crippen molar-refractivity contribution in [2.24, 2.45) is 0 Å². The van der Waals surface area contributed by atoms with Gasteiger partial charge in [0, 0.05) is 25.1 Å². The lowest BCUT2D eigenvalue weighted by molar-refractivity contribution is 0.235. The van der Waals surface area contributed by atoms with Gasteiger partial charge in [-0.1, -0.05) is 18.2 Å². The van der Waals surface area contributed by atoms with Crippen molar-refractivity contribution < 1.29 is 17.6 Å². The van der Waals surface area contributed by atoms with Crippen LogP contribution >= 0.6 is 0 Å². The highest BCUT2D eigenvalue weighted by atomic mass is 32.2. The Bertz CT molecular complexity index is 938. The van der Waals surface area contributed by atoms with Crippen molar-refractivity contribution in [1.82, 2.24) is 10.6 Å². The average Bonchev–Trinajstić information content (AvgIpc) is 3.29. The maximum Gasteiger partial charge on any atom is 0.315 e. The summed E-state index contributed by atoms with van der Waals surface area (Å²) in [4.78, 5) is 12.2. The Morgan fingerprint density at radius 2 is 2.07 bits per heavy atom. The second-order valence-corrected chi connectivity index (χ2v) is 8.92. The lowest BCUT2D eigenvalue weighted by atomic mass is 9.93. The van der Waals surface area contributed by atoms with Gasteiger partial charge in [-0.25, -0.2) is 13.2 Å². The minimum Gasteiger partial charge on any atom is -0.469 e. The molecule has 1 unspecified atom stereocenters. The number of sulfonamides is 1. The van der Waals surface area contributed by atoms with Crippen molar-refractivity contribution >= 4 is 21.7 Å². The third-order valence-corrected chi connectivity index (χ3v) is 6.95. The second-order valence-electron chi connectivity index (χ2n) is 6.91. The molecule has 8 heteroatoms. The van der Waals surface area contributed by atoms with Crippen LogP contribution in [0.4, 0.5) is 10.5 Å². The van der Waals surface area contributed by atoms with E-state index in [1.54, 1.807) is 6.26 Å². The molecule has 2 N–H and O–H groups in total. The number of furan rings is 1. The van der Waals surface area contributed by atoms with Gasteiger partial charge in [0.15, 0.2) is 0 Å². The van der Waals surface area contributed by atoms with Crippen LogP contribution in [0.1, 0.15) is 35.8 Å². The van der Waals surface area contributed by atoms with E-state index in [-0.39, 0.29) is 24.4 Å². The molecule has 2 heterocycles. The number of amides is 2. The van der Waals surface area contributed by atoms with Gasteiger partial charge in [0.05, 0.1) is 23.7 Å². The lowest BCUT2D eigenvalue weighted by Crippen LogP contribution is -2.42. The first-order valence-electron chi connectivity index (χ1n) is 9.23. The third kappa shape index (κ3) is 3.66. The number of carbonyl (C=O) groups excluding carboxylic acids is 1. The molecular formula is C19H23N3O4S. The van der Waals surface area contributed by atoms with Crippen molar-refractivity contribution in [3.63, 3.8) is 0 Å². The SMILES string of the molecule is O=C(NCCS(=O)(=O)N1CCc2ccccc21)NC1CCCc2occc21. The van der Waals surface area contributed by atoms with Crippen LogP contribution in [0.25, 0.3) is 0 Å². The Morgan fingerprint density at radius 1 is 1.22 bits per heavy atom. The zero-order valence-corrected chi connectivity index (χ0v) is 15.8. The summed E-state index contributed by atoms with van der Waals surface area (Å²) < 4.78 is 32.1. The summed E-state index contributed by atoms with van der Waals surface area (Å²) in [5.74, 6) is 0.790. The largest absolute Gasteiger partial charge is 0.469 e. The summed E-state index contributed by atoms with van der Waals surface area (Å²) >= 11 is 0. The number of hydrogen-bond donors (Lipinski definition) is 2. The molecule has 27 heavy (non-hydrogen) atoms. The fourth-order valence-electron chi connectivity index (χ4n) is 3.85. The number of aryl methyl sites for hydroxylation is 1. The smallest absolute Gasteiger partial charge is 0.315 e. The van der Waals surface area contributed by atoms with Crippen LogP contribution in [0.5, 0.6) is 0 Å². The monoisotopic (exact) mass is 389 g/mol. The number of rotatable bonds is 5. The second kappa shape index (κ2) is 7.26. The van der Waals surface area contributed by atoms with Crippen LogP contribution in [-0.2, 0) is 22.9 Å². The summed E-state index contributed by atoms with van der Waals surface area (Å²) in [6.45, 7) is 0.525. The fourth-order valence-corrected chi connectivity index (χ4v) is 5.27. The Morgan fingerprint density at radius 3 is 2.96 bits per heavy atom. The predicted octanol–water partition coefficient (Wildman–Crippen LogP) is 2.35. The van der Waals surface area contributed by atoms with E-state index in [1.807, 2.05) is 30.3 Å². The van der Waals surface area contributed by atoms with Gasteiger partial charge in [0.25, 0.3) is 0 Å². The van der Waals surface area contributed by atoms with E-state index in [9.17, 15) is 13.2 Å². The number of urea groups is 1. The molecule has 7 nitrogen and oxygen atoms in total. The molecular weight excluding hydrogens is 366 g/mol. The molecule has 0 saturated carbocycles. The van der Waals surface area contributed by atoms with Crippen molar-refractivity contribution in [2.75, 3.05) is 23.1 Å². The van der Waals surface area contributed by atoms with Gasteiger partial charge >= 0.3 is 6.03 Å². The highest BCUT2D eigenvalue weighted by molar-refractivity contribution is 7.92. The molecule has 0 radical (unpaired) electrons. The minimum absolute atomic E-state index is 0.0673. The highest BCUT2D eigenvalue weighted by Gasteiger charge is 2.29. The molecule has 0 saturated heterocycles. The predicted molar refractivity (Wildman–Crippen MR) is 102 cm³/mol. The van der Waals surface area contributed by atoms with Gasteiger partial charge < -0.3 is 15.1 Å². The summed E-state index contributed by atoms with van der Waals surface area (Å²) in [5.41, 5.74) is 2.80. The molecule has 2 aromatic rings. The van der Waals surface area contributed by atoms with Gasteiger partial charge in [-0.15, -0.1) is 0 Å². The molecule has 2 aliphatic rings. The number of nitrogens with one attached hydrogen (secondary N) is 2. The summed E-state index contributed by atoms with van der Waals surface area (Å²) in [6.07, 6.45) is 5.05. The van der Waals surface area contributed by atoms with Crippen LogP contribution in [0.2, 0.25) is 0 Å². The number of para-hydroxylation sites is 1. The van der Waals surface area contributed by atoms with Crippen LogP contribution < -0.4 is 14.9 Å². The maximum absolute atomic E-state index is 12.6. The van der Waals surface area contributed by atoms with Crippen LogP contribution in [0.15, 0.2) is 41.0 Å². The number of anilines is 1. The van der Waals surface area contributed by atoms with E-state index in [0.29, 0.717) is 6.54 Å². The van der Waals surface area contributed by atoms with Crippen LogP contribution in [0, 0.1) is 0 Å². The van der Waals surface area contributed by atoms with Gasteiger partial charge in [-0.05, 0) is 37.0 Å². The molecule has 2 amide bonds. The first-order valence-corrected chi connectivity index (χ1v) is 10.8. The molecule has 1 aromatic carbocycles. The number of benzene rings is 1. The Kier molecular flexibility index (Phi) is 4.82. The van der Waals surface area contributed by atoms with E-state index < -0.39 is 10.0 Å². The molecule has 1 aliphatic heterocycles. The van der Waals surface area contributed by atoms with E-state index in [4.69, 9.17) is 4.42 Å². The highest BCUT2D eigenvalue weighted by Crippen LogP contribution is 2.31. The maximum atomic E-state index is 12.6. The van der Waals surface area contributed by atoms with Crippen molar-refractivity contribution in [3.8, 4) is 0 Å². The number of nitrogens with zero attached hydrogens (tertiary/aromatic N) is 1. The first kappa shape index (κ1) is 17.9. The lowest BCUT2D eigenvalue weighted by Gasteiger charge is -2.23. The van der Waals surface area contributed by atoms with E-state index >= 15 is 0 Å². The van der Waals surface area contributed by atoms with Gasteiger partial charge in [0.1, 0.15) is 5.76 Å². The summed E-state index contributed by atoms with van der Waals surface area (Å²) in [7, 11) is -3.47. The van der Waals surface area contributed by atoms with Gasteiger partial charge in [-0.3, -0.25) is 4.31 Å². The third-order valence-electron chi connectivity index (χ3n) is 5.18. The molecule has 144 valence electrons. The fraction of sp³-hybridized carbons (Fsp3) is 0.421. The number of hydrogen-bond acceptors (Lipinski definition) is 4. The molecule has 0 fully saturated rings. The summed E-state index contributed by atoms with van der Waals surface area (Å²) in [6, 6.07) is 8.97. The Hall–Kier alpha value is -2.48. The van der Waals surface area contributed by atoms with Crippen LogP contribution in [-0.4, -0.2) is 33.3 Å². The standard InChI is InChI=1S/C19H23N3O4S/c23-19(21-16-5-3-7-18-15(16)9-12-26-18)20-10-13-27(24,25)22-11-8-14-4-1-2-6-17(14)22/h1-2,4,6,9,12,16H,3,5,7-8,10-11,13H2,(H2,20,21,23). The summed E-state index contributed by atoms with van der Waals surface area (Å²) in [5, 5.41) is 5.58. The zero-order chi connectivity index (χ0) is 18.9. The normalized spacial score (nSPS) is 18.7. The van der Waals surface area contributed by atoms with Crippen molar-refractivity contribution in [1.29, 1.82) is 0 Å². The first-order chi connectivity index (χ1) is 13.0. The van der Waals surface area contributed by atoms with Crippen molar-refractivity contribution in [2.45, 2.75) is 31.7 Å². The topological polar surface area (TPSA) is 91.7 Å². The Balaban J connectivity index is 1.31. The quantitative estimate of drug-likeness (QED) is 0.821. The molecule has 0 spiro atoms. The number of fused-ring (bicyclic) bond motifs is 2. The molecule has 1 aromatic heterocycles. The van der Waals surface area contributed by atoms with Crippen molar-refractivity contribution in [3.05, 3.63) is 53.5 Å². The molecule has 4 rings (SSSR count). The van der Waals surface area contributed by atoms with Gasteiger partial charge in [0.2, 0.25) is 10.0 Å². The molecule has 1 aliphatic carbocycles. The molecule has 1 atom stereocenters. The van der Waals surface area contributed by atoms with E-state index in [1.165, 1.54) is 4.31 Å². The van der Waals surface area contributed by atoms with Gasteiger partial charge in [-0.2, -0.15) is 0 Å². The van der Waals surface area contributed by atoms with Crippen LogP contribution in [0.3, 0.4) is 0 Å². The molecule has 0 bridgehead atoms. The van der Waals surface area contributed by atoms with E-state index in [2.05, 4.69) is 10.6 Å². The average molecular weight is 389 g/mol. The van der Waals surface area contributed by atoms with E-state index in [0.717, 1.165) is 48.3 Å².